The number of rotatable bonds is 3. The van der Waals surface area contributed by atoms with Crippen molar-refractivity contribution in [2.24, 2.45) is 5.73 Å². The van der Waals surface area contributed by atoms with E-state index in [4.69, 9.17) is 10.5 Å². The number of pyridine rings is 1. The van der Waals surface area contributed by atoms with Crippen molar-refractivity contribution in [2.75, 3.05) is 20.7 Å². The van der Waals surface area contributed by atoms with Gasteiger partial charge in [-0.05, 0) is 6.07 Å². The number of nitrogens with zero attached hydrogens (tertiary/aromatic N) is 2. The standard InChI is InChI=1S/C20H17F2N3O4/c1-25-6-5-20(28,19(25)27)4-3-11-7-13(15(22)10-14(11)21)16-8-12(29-2)9-17(24-16)18(23)26/h7-10,28H,5-6H2,1-2H3,(H2,23,26)/t20-/m0/s1. The van der Waals surface area contributed by atoms with Gasteiger partial charge >= 0.3 is 0 Å². The first-order chi connectivity index (χ1) is 13.6. The van der Waals surface area contributed by atoms with Gasteiger partial charge in [-0.15, -0.1) is 0 Å². The lowest BCUT2D eigenvalue weighted by molar-refractivity contribution is -0.137. The molecule has 1 aliphatic rings. The number of aliphatic hydroxyl groups is 1. The van der Waals surface area contributed by atoms with Crippen molar-refractivity contribution in [3.63, 3.8) is 0 Å². The molecule has 0 radical (unpaired) electrons. The van der Waals surface area contributed by atoms with Gasteiger partial charge in [-0.25, -0.2) is 13.8 Å². The molecule has 3 N–H and O–H groups in total. The zero-order chi connectivity index (χ0) is 21.3. The molecule has 9 heteroatoms. The Bertz CT molecular complexity index is 1080. The molecule has 2 aromatic rings. The Morgan fingerprint density at radius 2 is 2.03 bits per heavy atom. The van der Waals surface area contributed by atoms with Gasteiger partial charge in [0.25, 0.3) is 11.8 Å². The van der Waals surface area contributed by atoms with Gasteiger partial charge in [0.15, 0.2) is 0 Å². The summed E-state index contributed by atoms with van der Waals surface area (Å²) in [5.74, 6) is 1.64. The predicted octanol–water partition coefficient (Wildman–Crippen LogP) is 1.08. The number of likely N-dealkylation sites (N-methyl/N-ethyl adjacent to an activating group) is 1. The summed E-state index contributed by atoms with van der Waals surface area (Å²) in [5, 5.41) is 10.3. The molecule has 1 fully saturated rings. The maximum Gasteiger partial charge on any atom is 0.267 e. The van der Waals surface area contributed by atoms with Gasteiger partial charge in [0.05, 0.1) is 18.4 Å². The molecule has 0 spiro atoms. The molecule has 0 aliphatic carbocycles. The highest BCUT2D eigenvalue weighted by atomic mass is 19.1. The summed E-state index contributed by atoms with van der Waals surface area (Å²) in [5.41, 5.74) is 2.73. The van der Waals surface area contributed by atoms with E-state index in [1.54, 1.807) is 0 Å². The van der Waals surface area contributed by atoms with Crippen LogP contribution in [0.4, 0.5) is 8.78 Å². The van der Waals surface area contributed by atoms with Crippen LogP contribution < -0.4 is 10.5 Å². The number of carbonyl (C=O) groups is 2. The van der Waals surface area contributed by atoms with Crippen LogP contribution >= 0.6 is 0 Å². The van der Waals surface area contributed by atoms with Crippen molar-refractivity contribution in [3.8, 4) is 28.8 Å². The third-order valence-corrected chi connectivity index (χ3v) is 4.53. The molecular weight excluding hydrogens is 384 g/mol. The van der Waals surface area contributed by atoms with Crippen LogP contribution in [0.25, 0.3) is 11.3 Å². The number of primary amides is 1. The minimum absolute atomic E-state index is 0.0194. The Labute approximate surface area is 165 Å². The van der Waals surface area contributed by atoms with E-state index in [1.807, 2.05) is 0 Å². The van der Waals surface area contributed by atoms with Crippen LogP contribution in [-0.2, 0) is 4.79 Å². The summed E-state index contributed by atoms with van der Waals surface area (Å²) in [4.78, 5) is 28.8. The normalized spacial score (nSPS) is 18.4. The average molecular weight is 401 g/mol. The third kappa shape index (κ3) is 3.88. The number of hydrogen-bond acceptors (Lipinski definition) is 5. The predicted molar refractivity (Wildman–Crippen MR) is 98.7 cm³/mol. The summed E-state index contributed by atoms with van der Waals surface area (Å²) >= 11 is 0. The Morgan fingerprint density at radius 1 is 1.31 bits per heavy atom. The minimum atomic E-state index is -1.93. The molecule has 0 bridgehead atoms. The number of amides is 2. The second-order valence-corrected chi connectivity index (χ2v) is 6.54. The number of hydrogen-bond donors (Lipinski definition) is 2. The van der Waals surface area contributed by atoms with E-state index < -0.39 is 29.0 Å². The van der Waals surface area contributed by atoms with Gasteiger partial charge < -0.3 is 20.5 Å². The second-order valence-electron chi connectivity index (χ2n) is 6.54. The SMILES string of the molecule is COc1cc(C(N)=O)nc(-c2cc(C#C[C@]3(O)CCN(C)C3=O)c(F)cc2F)c1. The maximum absolute atomic E-state index is 14.4. The lowest BCUT2D eigenvalue weighted by Crippen LogP contribution is -2.37. The van der Waals surface area contributed by atoms with Crippen LogP contribution in [0.3, 0.4) is 0 Å². The summed E-state index contributed by atoms with van der Waals surface area (Å²) < 4.78 is 33.7. The first-order valence-corrected chi connectivity index (χ1v) is 8.51. The highest BCUT2D eigenvalue weighted by Crippen LogP contribution is 2.28. The number of aromatic nitrogens is 1. The van der Waals surface area contributed by atoms with Crippen LogP contribution in [0.5, 0.6) is 5.75 Å². The molecule has 0 unspecified atom stereocenters. The number of likely N-dealkylation sites (tertiary alicyclic amines) is 1. The van der Waals surface area contributed by atoms with E-state index in [2.05, 4.69) is 16.8 Å². The van der Waals surface area contributed by atoms with Gasteiger partial charge in [0, 0.05) is 43.8 Å². The van der Waals surface area contributed by atoms with E-state index in [9.17, 15) is 23.5 Å². The lowest BCUT2D eigenvalue weighted by Gasteiger charge is -2.13. The summed E-state index contributed by atoms with van der Waals surface area (Å²) in [7, 11) is 2.86. The van der Waals surface area contributed by atoms with Crippen molar-refractivity contribution in [1.82, 2.24) is 9.88 Å². The summed E-state index contributed by atoms with van der Waals surface area (Å²) in [6, 6.07) is 4.32. The van der Waals surface area contributed by atoms with Crippen molar-refractivity contribution in [3.05, 3.63) is 47.2 Å². The van der Waals surface area contributed by atoms with Crippen LogP contribution in [0.2, 0.25) is 0 Å². The zero-order valence-electron chi connectivity index (χ0n) is 15.6. The molecular formula is C20H17F2N3O4. The lowest BCUT2D eigenvalue weighted by atomic mass is 10.0. The number of nitrogens with two attached hydrogens (primary N) is 1. The fraction of sp³-hybridized carbons (Fsp3) is 0.250. The number of benzene rings is 1. The van der Waals surface area contributed by atoms with Crippen molar-refractivity contribution < 1.29 is 28.2 Å². The van der Waals surface area contributed by atoms with E-state index in [1.165, 1.54) is 31.2 Å². The highest BCUT2D eigenvalue weighted by molar-refractivity contribution is 5.92. The van der Waals surface area contributed by atoms with E-state index in [-0.39, 0.29) is 34.7 Å². The molecule has 7 nitrogen and oxygen atoms in total. The largest absolute Gasteiger partial charge is 0.497 e. The fourth-order valence-corrected chi connectivity index (χ4v) is 2.87. The van der Waals surface area contributed by atoms with Crippen molar-refractivity contribution >= 4 is 11.8 Å². The smallest absolute Gasteiger partial charge is 0.267 e. The molecule has 0 saturated carbocycles. The number of halogens is 2. The molecule has 1 aromatic heterocycles. The number of carbonyl (C=O) groups excluding carboxylic acids is 2. The summed E-state index contributed by atoms with van der Waals surface area (Å²) in [6.45, 7) is 0.310. The molecule has 1 aliphatic heterocycles. The van der Waals surface area contributed by atoms with E-state index in [0.29, 0.717) is 12.6 Å². The van der Waals surface area contributed by atoms with Gasteiger partial charge in [0.1, 0.15) is 23.1 Å². The van der Waals surface area contributed by atoms with Gasteiger partial charge in [-0.2, -0.15) is 0 Å². The summed E-state index contributed by atoms with van der Waals surface area (Å²) in [6.07, 6.45) is 0.0738. The molecule has 1 atom stereocenters. The Hall–Kier alpha value is -3.51. The third-order valence-electron chi connectivity index (χ3n) is 4.53. The molecule has 1 saturated heterocycles. The van der Waals surface area contributed by atoms with Gasteiger partial charge in [0.2, 0.25) is 5.60 Å². The average Bonchev–Trinajstić information content (AvgIpc) is 2.94. The Balaban J connectivity index is 2.09. The first-order valence-electron chi connectivity index (χ1n) is 8.51. The monoisotopic (exact) mass is 401 g/mol. The first kappa shape index (κ1) is 20.2. The molecule has 3 rings (SSSR count). The fourth-order valence-electron chi connectivity index (χ4n) is 2.87. The van der Waals surface area contributed by atoms with E-state index >= 15 is 0 Å². The number of ether oxygens (including phenoxy) is 1. The molecule has 2 amide bonds. The quantitative estimate of drug-likeness (QED) is 0.749. The highest BCUT2D eigenvalue weighted by Gasteiger charge is 2.42. The molecule has 150 valence electrons. The number of methoxy groups -OCH3 is 1. The second kappa shape index (κ2) is 7.48. The molecule has 1 aromatic carbocycles. The van der Waals surface area contributed by atoms with Crippen LogP contribution in [-0.4, -0.2) is 53.1 Å². The van der Waals surface area contributed by atoms with Crippen LogP contribution in [0, 0.1) is 23.5 Å². The Kier molecular flexibility index (Phi) is 5.22. The van der Waals surface area contributed by atoms with Crippen LogP contribution in [0.1, 0.15) is 22.5 Å². The van der Waals surface area contributed by atoms with Crippen molar-refractivity contribution in [1.29, 1.82) is 0 Å². The van der Waals surface area contributed by atoms with E-state index in [0.717, 1.165) is 6.07 Å². The van der Waals surface area contributed by atoms with Gasteiger partial charge in [-0.3, -0.25) is 9.59 Å². The Morgan fingerprint density at radius 3 is 2.62 bits per heavy atom. The van der Waals surface area contributed by atoms with Crippen molar-refractivity contribution in [2.45, 2.75) is 12.0 Å². The zero-order valence-corrected chi connectivity index (χ0v) is 15.6. The minimum Gasteiger partial charge on any atom is -0.497 e. The van der Waals surface area contributed by atoms with Gasteiger partial charge in [-0.1, -0.05) is 11.8 Å². The maximum atomic E-state index is 14.4. The molecule has 29 heavy (non-hydrogen) atoms. The molecule has 2 heterocycles. The van der Waals surface area contributed by atoms with Crippen LogP contribution in [0.15, 0.2) is 24.3 Å². The topological polar surface area (TPSA) is 106 Å².